The van der Waals surface area contributed by atoms with Crippen molar-refractivity contribution in [2.45, 2.75) is 69.1 Å². The highest BCUT2D eigenvalue weighted by molar-refractivity contribution is 8.00. The lowest BCUT2D eigenvalue weighted by atomic mass is 9.97. The van der Waals surface area contributed by atoms with Crippen LogP contribution in [0, 0.1) is 0 Å². The molecule has 0 spiro atoms. The maximum absolute atomic E-state index is 13.2. The molecule has 1 aromatic carbocycles. The molecule has 0 radical (unpaired) electrons. The Labute approximate surface area is 177 Å². The van der Waals surface area contributed by atoms with Gasteiger partial charge in [-0.25, -0.2) is 0 Å². The van der Waals surface area contributed by atoms with Gasteiger partial charge in [0.05, 0.1) is 17.9 Å². The van der Waals surface area contributed by atoms with Gasteiger partial charge in [0.25, 0.3) is 0 Å². The first kappa shape index (κ1) is 21.4. The largest absolute Gasteiger partial charge is 0.496 e. The molecule has 6 nitrogen and oxygen atoms in total. The minimum absolute atomic E-state index is 0.168. The van der Waals surface area contributed by atoms with Gasteiger partial charge in [-0.05, 0) is 52.2 Å². The Bertz CT molecular complexity index is 856. The number of benzene rings is 1. The number of aromatic nitrogens is 3. The Morgan fingerprint density at radius 2 is 2.00 bits per heavy atom. The van der Waals surface area contributed by atoms with E-state index < -0.39 is 0 Å². The lowest BCUT2D eigenvalue weighted by molar-refractivity contribution is -0.136. The normalized spacial score (nSPS) is 20.3. The van der Waals surface area contributed by atoms with Crippen molar-refractivity contribution in [2.75, 3.05) is 7.11 Å². The zero-order valence-corrected chi connectivity index (χ0v) is 18.5. The average Bonchev–Trinajstić information content (AvgIpc) is 3.10. The third kappa shape index (κ3) is 4.50. The van der Waals surface area contributed by atoms with Gasteiger partial charge in [0.1, 0.15) is 5.75 Å². The molecule has 3 rings (SSSR count). The summed E-state index contributed by atoms with van der Waals surface area (Å²) >= 11 is 1.45. The SMILES string of the molecule is C=CCn1c(S[C@H](C)C(=O)N2[C@H](C)CCC[C@H]2C)nnc1-c1ccccc1OC. The van der Waals surface area contributed by atoms with E-state index in [4.69, 9.17) is 4.74 Å². The van der Waals surface area contributed by atoms with E-state index in [0.717, 1.165) is 24.2 Å². The van der Waals surface area contributed by atoms with Crippen molar-refractivity contribution in [2.24, 2.45) is 0 Å². The summed E-state index contributed by atoms with van der Waals surface area (Å²) in [6.45, 7) is 10.7. The second-order valence-corrected chi connectivity index (χ2v) is 8.85. The predicted octanol–water partition coefficient (Wildman–Crippen LogP) is 4.41. The van der Waals surface area contributed by atoms with Crippen molar-refractivity contribution in [3.8, 4) is 17.1 Å². The van der Waals surface area contributed by atoms with Crippen LogP contribution in [0.4, 0.5) is 0 Å². The molecule has 1 aliphatic heterocycles. The second-order valence-electron chi connectivity index (χ2n) is 7.54. The van der Waals surface area contributed by atoms with Crippen LogP contribution in [0.3, 0.4) is 0 Å². The monoisotopic (exact) mass is 414 g/mol. The van der Waals surface area contributed by atoms with Gasteiger partial charge in [-0.2, -0.15) is 0 Å². The first-order chi connectivity index (χ1) is 14.0. The molecular weight excluding hydrogens is 384 g/mol. The van der Waals surface area contributed by atoms with Crippen LogP contribution in [0.25, 0.3) is 11.4 Å². The molecule has 1 aliphatic rings. The summed E-state index contributed by atoms with van der Waals surface area (Å²) in [6.07, 6.45) is 5.13. The number of thioether (sulfide) groups is 1. The summed E-state index contributed by atoms with van der Waals surface area (Å²) in [6, 6.07) is 8.30. The lowest BCUT2D eigenvalue weighted by Crippen LogP contribution is -2.50. The molecule has 2 heterocycles. The summed E-state index contributed by atoms with van der Waals surface area (Å²) in [5.74, 6) is 1.62. The number of carbonyl (C=O) groups is 1. The molecule has 0 aliphatic carbocycles. The molecule has 0 N–H and O–H groups in total. The standard InChI is InChI=1S/C22H30N4O2S/c1-6-14-25-20(18-12-7-8-13-19(18)28-5)23-24-22(25)29-17(4)21(27)26-15(2)10-9-11-16(26)3/h6-8,12-13,15-17H,1,9-11,14H2,2-5H3/t15-,16-,17-/m1/s1. The van der Waals surface area contributed by atoms with Crippen LogP contribution in [0.5, 0.6) is 5.75 Å². The number of carbonyl (C=O) groups excluding carboxylic acids is 1. The van der Waals surface area contributed by atoms with Crippen molar-refractivity contribution < 1.29 is 9.53 Å². The van der Waals surface area contributed by atoms with Crippen LogP contribution in [0.2, 0.25) is 0 Å². The van der Waals surface area contributed by atoms with E-state index in [2.05, 4.69) is 35.5 Å². The minimum Gasteiger partial charge on any atom is -0.496 e. The Morgan fingerprint density at radius 3 is 2.66 bits per heavy atom. The number of likely N-dealkylation sites (tertiary alicyclic amines) is 1. The van der Waals surface area contributed by atoms with Crippen LogP contribution in [0.15, 0.2) is 42.1 Å². The van der Waals surface area contributed by atoms with Crippen LogP contribution < -0.4 is 4.74 Å². The first-order valence-electron chi connectivity index (χ1n) is 10.1. The third-order valence-electron chi connectivity index (χ3n) is 5.45. The number of hydrogen-bond acceptors (Lipinski definition) is 5. The van der Waals surface area contributed by atoms with Crippen molar-refractivity contribution >= 4 is 17.7 Å². The van der Waals surface area contributed by atoms with Gasteiger partial charge in [0.2, 0.25) is 5.91 Å². The summed E-state index contributed by atoms with van der Waals surface area (Å²) in [7, 11) is 1.64. The third-order valence-corrected chi connectivity index (χ3v) is 6.52. The van der Waals surface area contributed by atoms with E-state index in [1.807, 2.05) is 41.8 Å². The van der Waals surface area contributed by atoms with Crippen molar-refractivity contribution in [3.05, 3.63) is 36.9 Å². The molecule has 0 bridgehead atoms. The highest BCUT2D eigenvalue weighted by atomic mass is 32.2. The molecule has 2 aromatic rings. The first-order valence-corrected chi connectivity index (χ1v) is 11.0. The Kier molecular flexibility index (Phi) is 7.00. The molecule has 3 atom stereocenters. The van der Waals surface area contributed by atoms with Gasteiger partial charge >= 0.3 is 0 Å². The minimum atomic E-state index is -0.240. The highest BCUT2D eigenvalue weighted by Gasteiger charge is 2.33. The van der Waals surface area contributed by atoms with Gasteiger partial charge in [-0.3, -0.25) is 9.36 Å². The fraction of sp³-hybridized carbons (Fsp3) is 0.500. The van der Waals surface area contributed by atoms with Gasteiger partial charge in [0, 0.05) is 18.6 Å². The quantitative estimate of drug-likeness (QED) is 0.496. The van der Waals surface area contributed by atoms with E-state index in [0.29, 0.717) is 17.5 Å². The molecule has 1 aromatic heterocycles. The maximum Gasteiger partial charge on any atom is 0.236 e. The second kappa shape index (κ2) is 9.48. The highest BCUT2D eigenvalue weighted by Crippen LogP contribution is 2.33. The number of ether oxygens (including phenoxy) is 1. The summed E-state index contributed by atoms with van der Waals surface area (Å²) in [5.41, 5.74) is 0.869. The molecular formula is C22H30N4O2S. The molecule has 1 fully saturated rings. The van der Waals surface area contributed by atoms with Crippen LogP contribution in [0.1, 0.15) is 40.0 Å². The average molecular weight is 415 g/mol. The predicted molar refractivity (Wildman–Crippen MR) is 117 cm³/mol. The molecule has 7 heteroatoms. The molecule has 156 valence electrons. The van der Waals surface area contributed by atoms with E-state index in [-0.39, 0.29) is 23.2 Å². The molecule has 1 saturated heterocycles. The van der Waals surface area contributed by atoms with E-state index in [9.17, 15) is 4.79 Å². The van der Waals surface area contributed by atoms with E-state index >= 15 is 0 Å². The molecule has 0 saturated carbocycles. The number of amides is 1. The number of methoxy groups -OCH3 is 1. The summed E-state index contributed by atoms with van der Waals surface area (Å²) < 4.78 is 7.48. The van der Waals surface area contributed by atoms with Crippen LogP contribution >= 0.6 is 11.8 Å². The number of nitrogens with zero attached hydrogens (tertiary/aromatic N) is 4. The van der Waals surface area contributed by atoms with Gasteiger partial charge in [-0.1, -0.05) is 30.0 Å². The van der Waals surface area contributed by atoms with E-state index in [1.54, 1.807) is 7.11 Å². The molecule has 29 heavy (non-hydrogen) atoms. The van der Waals surface area contributed by atoms with Crippen LogP contribution in [-0.4, -0.2) is 50.0 Å². The molecule has 0 unspecified atom stereocenters. The fourth-order valence-corrected chi connectivity index (χ4v) is 4.89. The number of rotatable bonds is 7. The van der Waals surface area contributed by atoms with Crippen LogP contribution in [-0.2, 0) is 11.3 Å². The van der Waals surface area contributed by atoms with Crippen molar-refractivity contribution in [1.82, 2.24) is 19.7 Å². The number of para-hydroxylation sites is 1. The topological polar surface area (TPSA) is 60.2 Å². The number of allylic oxidation sites excluding steroid dienone is 1. The number of piperidine rings is 1. The fourth-order valence-electron chi connectivity index (χ4n) is 3.97. The smallest absolute Gasteiger partial charge is 0.236 e. The van der Waals surface area contributed by atoms with E-state index in [1.165, 1.54) is 18.2 Å². The molecule has 1 amide bonds. The Morgan fingerprint density at radius 1 is 1.31 bits per heavy atom. The Balaban J connectivity index is 1.86. The zero-order chi connectivity index (χ0) is 21.0. The van der Waals surface area contributed by atoms with Gasteiger partial charge in [-0.15, -0.1) is 16.8 Å². The maximum atomic E-state index is 13.2. The van der Waals surface area contributed by atoms with Crippen molar-refractivity contribution in [1.29, 1.82) is 0 Å². The van der Waals surface area contributed by atoms with Gasteiger partial charge in [0.15, 0.2) is 11.0 Å². The number of hydrogen-bond donors (Lipinski definition) is 0. The zero-order valence-electron chi connectivity index (χ0n) is 17.7. The summed E-state index contributed by atoms with van der Waals surface area (Å²) in [5, 5.41) is 9.27. The Hall–Kier alpha value is -2.28. The summed E-state index contributed by atoms with van der Waals surface area (Å²) in [4.78, 5) is 15.2. The van der Waals surface area contributed by atoms with Gasteiger partial charge < -0.3 is 9.64 Å². The van der Waals surface area contributed by atoms with Crippen molar-refractivity contribution in [3.63, 3.8) is 0 Å². The lowest BCUT2D eigenvalue weighted by Gasteiger charge is -2.40.